The molecule has 7 nitrogen and oxygen atoms in total. The number of ether oxygens (including phenoxy) is 2. The van der Waals surface area contributed by atoms with Crippen molar-refractivity contribution in [2.75, 3.05) is 19.0 Å². The molecule has 142 valence electrons. The molecular formula is C19H20BrN3O4. The maximum Gasteiger partial charge on any atom is 0.277 e. The zero-order chi connectivity index (χ0) is 19.6. The summed E-state index contributed by atoms with van der Waals surface area (Å²) in [6, 6.07) is 14.1. The summed E-state index contributed by atoms with van der Waals surface area (Å²) in [4.78, 5) is 23.7. The van der Waals surface area contributed by atoms with Crippen LogP contribution in [0.25, 0.3) is 0 Å². The zero-order valence-electron chi connectivity index (χ0n) is 15.0. The minimum atomic E-state index is -0.418. The summed E-state index contributed by atoms with van der Waals surface area (Å²) in [6.45, 7) is 1.47. The highest BCUT2D eigenvalue weighted by atomic mass is 79.9. The Morgan fingerprint density at radius 3 is 2.26 bits per heavy atom. The van der Waals surface area contributed by atoms with Gasteiger partial charge in [-0.15, -0.1) is 0 Å². The van der Waals surface area contributed by atoms with Gasteiger partial charge in [0.25, 0.3) is 5.91 Å². The standard InChI is InChI=1S/C19H20BrN3O4/c1-13(11-18(24)21-15-5-3-14(20)4-6-15)22-23-19(25)12-27-17-9-7-16(26-2)8-10-17/h3-10H,11-12H2,1-2H3,(H,21,24)(H,23,25). The molecule has 0 atom stereocenters. The van der Waals surface area contributed by atoms with Crippen LogP contribution in [0.2, 0.25) is 0 Å². The Morgan fingerprint density at radius 1 is 1.00 bits per heavy atom. The first kappa shape index (κ1) is 20.4. The van der Waals surface area contributed by atoms with Gasteiger partial charge in [-0.3, -0.25) is 9.59 Å². The second kappa shape index (κ2) is 10.3. The minimum Gasteiger partial charge on any atom is -0.497 e. The van der Waals surface area contributed by atoms with E-state index in [0.717, 1.165) is 4.47 Å². The molecule has 0 unspecified atom stereocenters. The second-order valence-corrected chi connectivity index (χ2v) is 6.49. The first-order valence-corrected chi connectivity index (χ1v) is 8.90. The Balaban J connectivity index is 1.73. The van der Waals surface area contributed by atoms with Crippen LogP contribution < -0.4 is 20.2 Å². The third-order valence-electron chi connectivity index (χ3n) is 3.35. The molecule has 2 aromatic rings. The molecule has 2 rings (SSSR count). The smallest absolute Gasteiger partial charge is 0.277 e. The number of hydrogen-bond acceptors (Lipinski definition) is 5. The van der Waals surface area contributed by atoms with Gasteiger partial charge in [0.05, 0.1) is 13.5 Å². The van der Waals surface area contributed by atoms with Gasteiger partial charge >= 0.3 is 0 Å². The van der Waals surface area contributed by atoms with Gasteiger partial charge in [0.1, 0.15) is 11.5 Å². The number of rotatable bonds is 8. The molecule has 0 fully saturated rings. The summed E-state index contributed by atoms with van der Waals surface area (Å²) >= 11 is 3.33. The van der Waals surface area contributed by atoms with Gasteiger partial charge in [-0.1, -0.05) is 15.9 Å². The predicted octanol–water partition coefficient (Wildman–Crippen LogP) is 3.36. The molecule has 27 heavy (non-hydrogen) atoms. The lowest BCUT2D eigenvalue weighted by molar-refractivity contribution is -0.123. The minimum absolute atomic E-state index is 0.0652. The Hall–Kier alpha value is -2.87. The molecule has 0 heterocycles. The molecule has 2 N–H and O–H groups in total. The van der Waals surface area contributed by atoms with E-state index >= 15 is 0 Å². The summed E-state index contributed by atoms with van der Waals surface area (Å²) in [5.74, 6) is 0.606. The molecule has 0 aliphatic carbocycles. The summed E-state index contributed by atoms with van der Waals surface area (Å²) in [5.41, 5.74) is 3.53. The Kier molecular flexibility index (Phi) is 7.81. The quantitative estimate of drug-likeness (QED) is 0.493. The zero-order valence-corrected chi connectivity index (χ0v) is 16.6. The van der Waals surface area contributed by atoms with Gasteiger partial charge in [0, 0.05) is 15.9 Å². The molecule has 0 spiro atoms. The normalized spacial score (nSPS) is 10.9. The van der Waals surface area contributed by atoms with Gasteiger partial charge < -0.3 is 14.8 Å². The molecule has 0 saturated heterocycles. The Morgan fingerprint density at radius 2 is 1.63 bits per heavy atom. The fourth-order valence-corrected chi connectivity index (χ4v) is 2.29. The number of hydrogen-bond donors (Lipinski definition) is 2. The van der Waals surface area contributed by atoms with E-state index in [1.165, 1.54) is 0 Å². The second-order valence-electron chi connectivity index (χ2n) is 5.58. The van der Waals surface area contributed by atoms with E-state index in [0.29, 0.717) is 22.9 Å². The van der Waals surface area contributed by atoms with Crippen LogP contribution in [0.3, 0.4) is 0 Å². The lowest BCUT2D eigenvalue weighted by Crippen LogP contribution is -2.26. The van der Waals surface area contributed by atoms with E-state index in [1.54, 1.807) is 50.4 Å². The van der Waals surface area contributed by atoms with Crippen LogP contribution >= 0.6 is 15.9 Å². The van der Waals surface area contributed by atoms with Gasteiger partial charge in [-0.25, -0.2) is 5.43 Å². The number of benzene rings is 2. The average molecular weight is 434 g/mol. The summed E-state index contributed by atoms with van der Waals surface area (Å²) in [6.07, 6.45) is 0.0652. The molecule has 2 amide bonds. The molecule has 0 radical (unpaired) electrons. The molecule has 2 aromatic carbocycles. The van der Waals surface area contributed by atoms with Crippen LogP contribution in [0.1, 0.15) is 13.3 Å². The maximum atomic E-state index is 12.0. The number of nitrogens with zero attached hydrogens (tertiary/aromatic N) is 1. The third-order valence-corrected chi connectivity index (χ3v) is 3.87. The summed E-state index contributed by atoms with van der Waals surface area (Å²) < 4.78 is 11.3. The number of amides is 2. The van der Waals surface area contributed by atoms with Crippen LogP contribution in [0.4, 0.5) is 5.69 Å². The lowest BCUT2D eigenvalue weighted by Gasteiger charge is -2.07. The van der Waals surface area contributed by atoms with Crippen molar-refractivity contribution in [1.29, 1.82) is 0 Å². The van der Waals surface area contributed by atoms with Crippen molar-refractivity contribution < 1.29 is 19.1 Å². The monoisotopic (exact) mass is 433 g/mol. The van der Waals surface area contributed by atoms with Crippen molar-refractivity contribution in [3.63, 3.8) is 0 Å². The Labute approximate surface area is 165 Å². The Bertz CT molecular complexity index is 805. The summed E-state index contributed by atoms with van der Waals surface area (Å²) in [5, 5.41) is 6.66. The highest BCUT2D eigenvalue weighted by Crippen LogP contribution is 2.17. The molecule has 8 heteroatoms. The van der Waals surface area contributed by atoms with Crippen molar-refractivity contribution in [3.8, 4) is 11.5 Å². The van der Waals surface area contributed by atoms with Crippen LogP contribution in [-0.4, -0.2) is 31.2 Å². The van der Waals surface area contributed by atoms with E-state index in [9.17, 15) is 9.59 Å². The number of carbonyl (C=O) groups is 2. The van der Waals surface area contributed by atoms with Gasteiger partial charge in [-0.05, 0) is 55.5 Å². The first-order chi connectivity index (χ1) is 13.0. The predicted molar refractivity (Wildman–Crippen MR) is 107 cm³/mol. The fraction of sp³-hybridized carbons (Fsp3) is 0.211. The molecular weight excluding hydrogens is 414 g/mol. The van der Waals surface area contributed by atoms with E-state index in [-0.39, 0.29) is 18.9 Å². The summed E-state index contributed by atoms with van der Waals surface area (Å²) in [7, 11) is 1.57. The number of hydrazone groups is 1. The van der Waals surface area contributed by atoms with Crippen LogP contribution in [-0.2, 0) is 9.59 Å². The molecule has 0 aromatic heterocycles. The van der Waals surface area contributed by atoms with Gasteiger partial charge in [0.2, 0.25) is 5.91 Å². The van der Waals surface area contributed by atoms with Crippen molar-refractivity contribution in [2.24, 2.45) is 5.10 Å². The highest BCUT2D eigenvalue weighted by Gasteiger charge is 2.06. The van der Waals surface area contributed by atoms with E-state index in [4.69, 9.17) is 9.47 Å². The van der Waals surface area contributed by atoms with E-state index in [2.05, 4.69) is 31.8 Å². The highest BCUT2D eigenvalue weighted by molar-refractivity contribution is 9.10. The van der Waals surface area contributed by atoms with E-state index < -0.39 is 5.91 Å². The van der Waals surface area contributed by atoms with Crippen molar-refractivity contribution in [3.05, 3.63) is 53.0 Å². The number of anilines is 1. The topological polar surface area (TPSA) is 89.0 Å². The van der Waals surface area contributed by atoms with Crippen LogP contribution in [0.5, 0.6) is 11.5 Å². The molecule has 0 aliphatic heterocycles. The SMILES string of the molecule is COc1ccc(OCC(=O)NN=C(C)CC(=O)Nc2ccc(Br)cc2)cc1. The largest absolute Gasteiger partial charge is 0.497 e. The van der Waals surface area contributed by atoms with E-state index in [1.807, 2.05) is 12.1 Å². The first-order valence-electron chi connectivity index (χ1n) is 8.10. The van der Waals surface area contributed by atoms with Crippen molar-refractivity contribution in [2.45, 2.75) is 13.3 Å². The molecule has 0 bridgehead atoms. The fourth-order valence-electron chi connectivity index (χ4n) is 2.02. The van der Waals surface area contributed by atoms with Gasteiger partial charge in [-0.2, -0.15) is 5.10 Å². The average Bonchev–Trinajstić information content (AvgIpc) is 2.67. The lowest BCUT2D eigenvalue weighted by atomic mass is 10.2. The van der Waals surface area contributed by atoms with Crippen LogP contribution in [0.15, 0.2) is 58.1 Å². The van der Waals surface area contributed by atoms with Crippen molar-refractivity contribution >= 4 is 39.1 Å². The third kappa shape index (κ3) is 7.49. The molecule has 0 aliphatic rings. The number of nitrogens with one attached hydrogen (secondary N) is 2. The number of halogens is 1. The van der Waals surface area contributed by atoms with Crippen molar-refractivity contribution in [1.82, 2.24) is 5.43 Å². The molecule has 0 saturated carbocycles. The number of carbonyl (C=O) groups excluding carboxylic acids is 2. The van der Waals surface area contributed by atoms with Crippen LogP contribution in [0, 0.1) is 0 Å². The van der Waals surface area contributed by atoms with Gasteiger partial charge in [0.15, 0.2) is 6.61 Å². The number of methoxy groups -OCH3 is 1. The maximum absolute atomic E-state index is 12.0.